The molecule has 0 fully saturated rings. The minimum Gasteiger partial charge on any atom is -0.412 e. The van der Waals surface area contributed by atoms with Crippen LogP contribution in [0.5, 0.6) is 0 Å². The van der Waals surface area contributed by atoms with Gasteiger partial charge in [0.2, 0.25) is 0 Å². The molecule has 32 valence electrons. The molecule has 5 heteroatoms. The van der Waals surface area contributed by atoms with Crippen molar-refractivity contribution in [1.29, 1.82) is 0 Å². The minimum atomic E-state index is 0. The fraction of sp³-hybridized carbons (Fsp3) is 0. The van der Waals surface area contributed by atoms with Gasteiger partial charge in [0, 0.05) is 0 Å². The van der Waals surface area contributed by atoms with Gasteiger partial charge in [-0.15, -0.1) is 12.4 Å². The SMILES string of the molecule is Cl.O.O.O.[Ca+2]. The molecule has 0 aromatic carbocycles. The van der Waals surface area contributed by atoms with Gasteiger partial charge >= 0.3 is 37.7 Å². The predicted molar refractivity (Wildman–Crippen MR) is 23.8 cm³/mol. The van der Waals surface area contributed by atoms with E-state index >= 15 is 0 Å². The van der Waals surface area contributed by atoms with Crippen LogP contribution < -0.4 is 0 Å². The van der Waals surface area contributed by atoms with E-state index in [1.165, 1.54) is 0 Å². The van der Waals surface area contributed by atoms with Gasteiger partial charge in [-0.2, -0.15) is 0 Å². The number of halogens is 1. The van der Waals surface area contributed by atoms with Crippen molar-refractivity contribution in [1.82, 2.24) is 0 Å². The summed E-state index contributed by atoms with van der Waals surface area (Å²) in [5, 5.41) is 0. The Hall–Kier alpha value is 1.43. The maximum Gasteiger partial charge on any atom is 2.00 e. The molecule has 0 spiro atoms. The molecule has 0 aliphatic heterocycles. The van der Waals surface area contributed by atoms with Gasteiger partial charge in [-0.3, -0.25) is 0 Å². The normalized spacial score (nSPS) is 0. The summed E-state index contributed by atoms with van der Waals surface area (Å²) in [6.45, 7) is 0. The second-order valence-electron chi connectivity index (χ2n) is 0. The van der Waals surface area contributed by atoms with Crippen molar-refractivity contribution < 1.29 is 16.4 Å². The van der Waals surface area contributed by atoms with Crippen LogP contribution in [0.25, 0.3) is 0 Å². The largest absolute Gasteiger partial charge is 2.00 e. The maximum atomic E-state index is 0. The molecule has 0 atom stereocenters. The molecule has 6 N–H and O–H groups in total. The molecular formula is H7CaClO3+2. The van der Waals surface area contributed by atoms with Crippen molar-refractivity contribution in [3.05, 3.63) is 0 Å². The molecule has 0 amide bonds. The minimum absolute atomic E-state index is 0. The number of hydrogen-bond acceptors (Lipinski definition) is 0. The average molecular weight is 131 g/mol. The van der Waals surface area contributed by atoms with E-state index in [-0.39, 0.29) is 66.6 Å². The first-order valence-electron chi connectivity index (χ1n) is 0. The zero-order chi connectivity index (χ0) is 0. The van der Waals surface area contributed by atoms with E-state index < -0.39 is 0 Å². The summed E-state index contributed by atoms with van der Waals surface area (Å²) >= 11 is 0. The summed E-state index contributed by atoms with van der Waals surface area (Å²) in [6.07, 6.45) is 0. The van der Waals surface area contributed by atoms with Crippen molar-refractivity contribution >= 4 is 50.1 Å². The Kier molecular flexibility index (Phi) is 967. The molecule has 0 saturated heterocycles. The van der Waals surface area contributed by atoms with Gasteiger partial charge in [0.25, 0.3) is 0 Å². The van der Waals surface area contributed by atoms with E-state index in [1.807, 2.05) is 0 Å². The zero-order valence-electron chi connectivity index (χ0n) is 2.62. The Bertz CT molecular complexity index is 6.85. The molecule has 0 radical (unpaired) electrons. The monoisotopic (exact) mass is 130 g/mol. The van der Waals surface area contributed by atoms with Crippen molar-refractivity contribution in [3.8, 4) is 0 Å². The van der Waals surface area contributed by atoms with Gasteiger partial charge in [-0.05, 0) is 0 Å². The molecule has 0 unspecified atom stereocenters. The van der Waals surface area contributed by atoms with Crippen molar-refractivity contribution in [2.75, 3.05) is 0 Å². The Balaban J connectivity index is 0. The van der Waals surface area contributed by atoms with Crippen LogP contribution in [-0.4, -0.2) is 54.2 Å². The molecule has 0 aliphatic carbocycles. The fourth-order valence-corrected chi connectivity index (χ4v) is 0. The molecule has 0 bridgehead atoms. The quantitative estimate of drug-likeness (QED) is 0.326. The van der Waals surface area contributed by atoms with Crippen molar-refractivity contribution in [2.45, 2.75) is 0 Å². The molecule has 0 aromatic heterocycles. The first-order valence-corrected chi connectivity index (χ1v) is 0. The van der Waals surface area contributed by atoms with E-state index in [9.17, 15) is 0 Å². The van der Waals surface area contributed by atoms with E-state index in [0.29, 0.717) is 0 Å². The van der Waals surface area contributed by atoms with Crippen LogP contribution in [-0.2, 0) is 0 Å². The maximum absolute atomic E-state index is 0. The summed E-state index contributed by atoms with van der Waals surface area (Å²) in [5.41, 5.74) is 0. The molecule has 0 rings (SSSR count). The van der Waals surface area contributed by atoms with Gasteiger partial charge in [0.15, 0.2) is 0 Å². The van der Waals surface area contributed by atoms with Gasteiger partial charge in [-0.25, -0.2) is 0 Å². The van der Waals surface area contributed by atoms with E-state index in [1.54, 1.807) is 0 Å². The second kappa shape index (κ2) is 52.1. The molecule has 0 saturated carbocycles. The summed E-state index contributed by atoms with van der Waals surface area (Å²) in [5.74, 6) is 0. The third-order valence-corrected chi connectivity index (χ3v) is 0. The fourth-order valence-electron chi connectivity index (χ4n) is 0. The Morgan fingerprint density at radius 1 is 0.600 bits per heavy atom. The van der Waals surface area contributed by atoms with E-state index in [0.717, 1.165) is 0 Å². The van der Waals surface area contributed by atoms with Gasteiger partial charge in [0.05, 0.1) is 0 Å². The summed E-state index contributed by atoms with van der Waals surface area (Å²) < 4.78 is 0. The summed E-state index contributed by atoms with van der Waals surface area (Å²) in [4.78, 5) is 0. The second-order valence-corrected chi connectivity index (χ2v) is 0. The van der Waals surface area contributed by atoms with Gasteiger partial charge in [0.1, 0.15) is 0 Å². The van der Waals surface area contributed by atoms with Crippen molar-refractivity contribution in [2.24, 2.45) is 0 Å². The molecule has 0 heterocycles. The van der Waals surface area contributed by atoms with Gasteiger partial charge < -0.3 is 16.4 Å². The Morgan fingerprint density at radius 2 is 0.600 bits per heavy atom. The Labute approximate surface area is 66.1 Å². The van der Waals surface area contributed by atoms with Crippen LogP contribution in [0, 0.1) is 0 Å². The molecular weight excluding hydrogens is 124 g/mol. The third-order valence-electron chi connectivity index (χ3n) is 0. The number of rotatable bonds is 0. The van der Waals surface area contributed by atoms with Crippen LogP contribution in [0.1, 0.15) is 0 Å². The smallest absolute Gasteiger partial charge is 0.412 e. The van der Waals surface area contributed by atoms with Crippen LogP contribution >= 0.6 is 12.4 Å². The van der Waals surface area contributed by atoms with Crippen LogP contribution in [0.15, 0.2) is 0 Å². The first-order chi connectivity index (χ1) is 0. The van der Waals surface area contributed by atoms with Crippen molar-refractivity contribution in [3.63, 3.8) is 0 Å². The molecule has 0 aliphatic rings. The number of hydrogen-bond donors (Lipinski definition) is 0. The first kappa shape index (κ1) is 92.7. The molecule has 0 aromatic rings. The molecule has 5 heavy (non-hydrogen) atoms. The van der Waals surface area contributed by atoms with E-state index in [2.05, 4.69) is 0 Å². The Morgan fingerprint density at radius 3 is 0.600 bits per heavy atom. The van der Waals surface area contributed by atoms with Crippen LogP contribution in [0.4, 0.5) is 0 Å². The van der Waals surface area contributed by atoms with Crippen LogP contribution in [0.3, 0.4) is 0 Å². The topological polar surface area (TPSA) is 94.5 Å². The zero-order valence-corrected chi connectivity index (χ0v) is 5.64. The summed E-state index contributed by atoms with van der Waals surface area (Å²) in [6, 6.07) is 0. The predicted octanol–water partition coefficient (Wildman–Crippen LogP) is -2.43. The third kappa shape index (κ3) is 31.2. The van der Waals surface area contributed by atoms with E-state index in [4.69, 9.17) is 0 Å². The van der Waals surface area contributed by atoms with Gasteiger partial charge in [-0.1, -0.05) is 0 Å². The van der Waals surface area contributed by atoms with Crippen LogP contribution in [0.2, 0.25) is 0 Å². The standard InChI is InChI=1S/Ca.ClH.3H2O/h;1H;3*1H2/q+2;;;;. The molecule has 3 nitrogen and oxygen atoms in total. The summed E-state index contributed by atoms with van der Waals surface area (Å²) in [7, 11) is 0. The average Bonchev–Trinajstić information content (AvgIpc) is 0.